The number of quaternary nitrogens is 1. The average molecular weight is 658 g/mol. The summed E-state index contributed by atoms with van der Waals surface area (Å²) in [6.07, 6.45) is 32.1. The highest BCUT2D eigenvalue weighted by Crippen LogP contribution is 2.43. The number of carbonyl (C=O) groups excluding carboxylic acids is 1. The molecule has 0 aliphatic heterocycles. The summed E-state index contributed by atoms with van der Waals surface area (Å²) in [5.41, 5.74) is 0. The van der Waals surface area contributed by atoms with Crippen LogP contribution in [0.15, 0.2) is 36.5 Å². The van der Waals surface area contributed by atoms with Gasteiger partial charge in [-0.3, -0.25) is 13.8 Å². The van der Waals surface area contributed by atoms with Gasteiger partial charge in [-0.25, -0.2) is 4.57 Å². The number of aliphatic hydroxyl groups is 1. The maximum absolute atomic E-state index is 12.7. The molecule has 0 bridgehead atoms. The lowest BCUT2D eigenvalue weighted by molar-refractivity contribution is -0.870. The molecule has 8 nitrogen and oxygen atoms in total. The van der Waals surface area contributed by atoms with E-state index in [-0.39, 0.29) is 19.1 Å². The zero-order chi connectivity index (χ0) is 33.7. The molecule has 0 heterocycles. The fourth-order valence-electron chi connectivity index (χ4n) is 4.64. The topological polar surface area (TPSA) is 105 Å². The molecule has 0 spiro atoms. The van der Waals surface area contributed by atoms with Crippen molar-refractivity contribution in [2.24, 2.45) is 0 Å². The Morgan fingerprint density at radius 1 is 0.756 bits per heavy atom. The maximum atomic E-state index is 12.7. The van der Waals surface area contributed by atoms with Crippen LogP contribution < -0.4 is 5.32 Å². The van der Waals surface area contributed by atoms with Gasteiger partial charge in [0.15, 0.2) is 0 Å². The number of nitrogens with zero attached hydrogens (tertiary/aromatic N) is 1. The molecule has 9 heteroatoms. The number of amides is 1. The van der Waals surface area contributed by atoms with Crippen LogP contribution in [0.25, 0.3) is 0 Å². The lowest BCUT2D eigenvalue weighted by Crippen LogP contribution is -2.45. The maximum Gasteiger partial charge on any atom is 0.472 e. The molecule has 3 unspecified atom stereocenters. The molecule has 0 aliphatic carbocycles. The van der Waals surface area contributed by atoms with Crippen molar-refractivity contribution in [1.29, 1.82) is 0 Å². The standard InChI is InChI=1S/C36H69N2O6P/c1-6-8-10-12-14-16-17-18-19-20-22-24-26-28-30-36(40)37-34(33-44-45(41,42)43-32-31-38(3,4)5)35(39)29-27-25-23-21-15-13-11-9-7-2/h12,14,17-18,27,29,34-35,39H,6-11,13,15-16,19-26,28,30-33H2,1-5H3,(H-,37,40,41,42)/p+1/b14-12-,18-17-,29-27+. The van der Waals surface area contributed by atoms with E-state index < -0.39 is 20.0 Å². The number of likely N-dealkylation sites (N-methyl/N-ethyl adjacent to an activating group) is 1. The second-order valence-corrected chi connectivity index (χ2v) is 14.7. The molecule has 0 radical (unpaired) electrons. The quantitative estimate of drug-likeness (QED) is 0.0298. The minimum Gasteiger partial charge on any atom is -0.387 e. The van der Waals surface area contributed by atoms with Gasteiger partial charge >= 0.3 is 7.82 Å². The van der Waals surface area contributed by atoms with Gasteiger partial charge in [-0.1, -0.05) is 121 Å². The highest BCUT2D eigenvalue weighted by Gasteiger charge is 2.27. The van der Waals surface area contributed by atoms with E-state index in [2.05, 4.69) is 43.5 Å². The average Bonchev–Trinajstić information content (AvgIpc) is 2.97. The number of phosphoric acid groups is 1. The van der Waals surface area contributed by atoms with Crippen LogP contribution in [-0.4, -0.2) is 73.4 Å². The molecule has 0 aromatic rings. The van der Waals surface area contributed by atoms with Crippen LogP contribution in [0.5, 0.6) is 0 Å². The number of aliphatic hydroxyl groups excluding tert-OH is 1. The monoisotopic (exact) mass is 657 g/mol. The Hall–Kier alpha value is -1.28. The van der Waals surface area contributed by atoms with Gasteiger partial charge in [0, 0.05) is 6.42 Å². The number of rotatable bonds is 31. The van der Waals surface area contributed by atoms with E-state index in [1.165, 1.54) is 51.4 Å². The summed E-state index contributed by atoms with van der Waals surface area (Å²) in [5.74, 6) is -0.197. The van der Waals surface area contributed by atoms with Crippen LogP contribution in [0.3, 0.4) is 0 Å². The van der Waals surface area contributed by atoms with E-state index in [1.807, 2.05) is 27.2 Å². The minimum absolute atomic E-state index is 0.0575. The third-order valence-corrected chi connectivity index (χ3v) is 8.59. The first-order valence-corrected chi connectivity index (χ1v) is 19.4. The highest BCUT2D eigenvalue weighted by molar-refractivity contribution is 7.47. The van der Waals surface area contributed by atoms with Gasteiger partial charge in [-0.05, 0) is 44.9 Å². The number of nitrogens with one attached hydrogen (secondary N) is 1. The van der Waals surface area contributed by atoms with Crippen LogP contribution in [0.4, 0.5) is 0 Å². The van der Waals surface area contributed by atoms with Gasteiger partial charge in [0.1, 0.15) is 13.2 Å². The molecule has 0 fully saturated rings. The first kappa shape index (κ1) is 43.7. The summed E-state index contributed by atoms with van der Waals surface area (Å²) in [4.78, 5) is 22.9. The number of allylic oxidation sites excluding steroid dienone is 5. The Balaban J connectivity index is 4.58. The summed E-state index contributed by atoms with van der Waals surface area (Å²) in [6.45, 7) is 4.69. The van der Waals surface area contributed by atoms with E-state index in [1.54, 1.807) is 6.08 Å². The van der Waals surface area contributed by atoms with Gasteiger partial charge in [-0.2, -0.15) is 0 Å². The van der Waals surface area contributed by atoms with E-state index >= 15 is 0 Å². The molecule has 0 rings (SSSR count). The van der Waals surface area contributed by atoms with Gasteiger partial charge in [0.05, 0.1) is 39.9 Å². The largest absolute Gasteiger partial charge is 0.472 e. The molecular formula is C36H70N2O6P+. The zero-order valence-electron chi connectivity index (χ0n) is 29.6. The summed E-state index contributed by atoms with van der Waals surface area (Å²) in [7, 11) is 1.55. The minimum atomic E-state index is -4.33. The SMILES string of the molecule is CCCC/C=C\C/C=C\CCCCCCCC(=O)NC(COP(=O)(O)OCC[N+](C)(C)C)C(O)/C=C/CCCCCCCCC. The van der Waals surface area contributed by atoms with Crippen LogP contribution in [0.2, 0.25) is 0 Å². The first-order valence-electron chi connectivity index (χ1n) is 17.9. The molecule has 0 aliphatic rings. The molecule has 1 amide bonds. The lowest BCUT2D eigenvalue weighted by Gasteiger charge is -2.25. The second-order valence-electron chi connectivity index (χ2n) is 13.2. The predicted octanol–water partition coefficient (Wildman–Crippen LogP) is 8.79. The molecule has 0 aromatic heterocycles. The Kier molecular flexibility index (Phi) is 28.1. The first-order chi connectivity index (χ1) is 21.5. The van der Waals surface area contributed by atoms with Crippen molar-refractivity contribution in [1.82, 2.24) is 5.32 Å². The number of hydrogen-bond donors (Lipinski definition) is 3. The van der Waals surface area contributed by atoms with Crippen molar-refractivity contribution >= 4 is 13.7 Å². The molecule has 264 valence electrons. The smallest absolute Gasteiger partial charge is 0.387 e. The van der Waals surface area contributed by atoms with Gasteiger partial charge in [-0.15, -0.1) is 0 Å². The van der Waals surface area contributed by atoms with Crippen molar-refractivity contribution < 1.29 is 32.9 Å². The molecular weight excluding hydrogens is 587 g/mol. The van der Waals surface area contributed by atoms with Gasteiger partial charge in [0.25, 0.3) is 0 Å². The second kappa shape index (κ2) is 28.9. The van der Waals surface area contributed by atoms with Crippen LogP contribution in [0.1, 0.15) is 136 Å². The van der Waals surface area contributed by atoms with Gasteiger partial charge < -0.3 is 19.8 Å². The summed E-state index contributed by atoms with van der Waals surface area (Å²) in [6, 6.07) is -0.849. The normalized spacial score (nSPS) is 15.3. The Labute approximate surface area is 276 Å². The number of hydrogen-bond acceptors (Lipinski definition) is 5. The van der Waals surface area contributed by atoms with Gasteiger partial charge in [0.2, 0.25) is 5.91 Å². The Morgan fingerprint density at radius 2 is 1.29 bits per heavy atom. The third kappa shape index (κ3) is 31.1. The van der Waals surface area contributed by atoms with E-state index in [0.29, 0.717) is 17.4 Å². The fraction of sp³-hybridized carbons (Fsp3) is 0.806. The van der Waals surface area contributed by atoms with Crippen LogP contribution in [0, 0.1) is 0 Å². The summed E-state index contributed by atoms with van der Waals surface area (Å²) >= 11 is 0. The summed E-state index contributed by atoms with van der Waals surface area (Å²) < 4.78 is 23.3. The van der Waals surface area contributed by atoms with Crippen molar-refractivity contribution in [2.45, 2.75) is 148 Å². The Bertz CT molecular complexity index is 840. The highest BCUT2D eigenvalue weighted by atomic mass is 31.2. The molecule has 0 saturated heterocycles. The van der Waals surface area contributed by atoms with Crippen molar-refractivity contribution in [2.75, 3.05) is 40.9 Å². The number of phosphoric ester groups is 1. The van der Waals surface area contributed by atoms with Crippen molar-refractivity contribution in [3.05, 3.63) is 36.5 Å². The molecule has 0 saturated carbocycles. The Morgan fingerprint density at radius 3 is 1.89 bits per heavy atom. The fourth-order valence-corrected chi connectivity index (χ4v) is 5.38. The molecule has 3 N–H and O–H groups in total. The number of unbranched alkanes of at least 4 members (excludes halogenated alkanes) is 14. The summed E-state index contributed by atoms with van der Waals surface area (Å²) in [5, 5.41) is 13.7. The van der Waals surface area contributed by atoms with Crippen molar-refractivity contribution in [3.8, 4) is 0 Å². The molecule has 3 atom stereocenters. The van der Waals surface area contributed by atoms with Crippen molar-refractivity contribution in [3.63, 3.8) is 0 Å². The predicted molar refractivity (Wildman–Crippen MR) is 189 cm³/mol. The van der Waals surface area contributed by atoms with Crippen LogP contribution in [-0.2, 0) is 18.4 Å². The van der Waals surface area contributed by atoms with Crippen LogP contribution >= 0.6 is 7.82 Å². The third-order valence-electron chi connectivity index (χ3n) is 7.60. The van der Waals surface area contributed by atoms with E-state index in [9.17, 15) is 19.4 Å². The zero-order valence-corrected chi connectivity index (χ0v) is 30.5. The molecule has 0 aromatic carbocycles. The molecule has 45 heavy (non-hydrogen) atoms. The van der Waals surface area contributed by atoms with E-state index in [4.69, 9.17) is 9.05 Å². The number of carbonyl (C=O) groups is 1. The van der Waals surface area contributed by atoms with E-state index in [0.717, 1.165) is 64.2 Å². The lowest BCUT2D eigenvalue weighted by atomic mass is 10.1.